The molecule has 33 heavy (non-hydrogen) atoms. The predicted molar refractivity (Wildman–Crippen MR) is 127 cm³/mol. The number of ether oxygens (including phenoxy) is 1. The van der Waals surface area contributed by atoms with Gasteiger partial charge in [0.1, 0.15) is 5.69 Å². The highest BCUT2D eigenvalue weighted by molar-refractivity contribution is 14.1. The molecule has 7 nitrogen and oxygen atoms in total. The summed E-state index contributed by atoms with van der Waals surface area (Å²) < 4.78 is 77.3. The van der Waals surface area contributed by atoms with Crippen LogP contribution in [0.25, 0.3) is 0 Å². The molecule has 2 aromatic rings. The maximum atomic E-state index is 14.6. The fourth-order valence-corrected chi connectivity index (χ4v) is 5.27. The van der Waals surface area contributed by atoms with E-state index in [9.17, 15) is 26.4 Å². The number of nitrogens with zero attached hydrogens (tertiary/aromatic N) is 1. The van der Waals surface area contributed by atoms with Crippen molar-refractivity contribution in [3.05, 3.63) is 51.4 Å². The summed E-state index contributed by atoms with van der Waals surface area (Å²) in [5, 5.41) is 2.47. The Hall–Kier alpha value is -2.06. The summed E-state index contributed by atoms with van der Waals surface area (Å²) in [5.74, 6) is -3.57. The van der Waals surface area contributed by atoms with Crippen LogP contribution in [0, 0.1) is 26.9 Å². The minimum Gasteiger partial charge on any atom is -0.466 e. The number of halogens is 4. The fourth-order valence-electron chi connectivity index (χ4n) is 3.51. The topological polar surface area (TPSA) is 87.7 Å². The van der Waals surface area contributed by atoms with E-state index < -0.39 is 33.3 Å². The second-order valence-corrected chi connectivity index (χ2v) is 10.3. The van der Waals surface area contributed by atoms with Gasteiger partial charge in [0.05, 0.1) is 21.6 Å². The smallest absolute Gasteiger partial charge is 0.306 e. The lowest BCUT2D eigenvalue weighted by Gasteiger charge is -2.31. The van der Waals surface area contributed by atoms with E-state index in [0.717, 1.165) is 12.1 Å². The number of anilines is 3. The number of esters is 1. The van der Waals surface area contributed by atoms with Crippen LogP contribution in [-0.4, -0.2) is 38.4 Å². The van der Waals surface area contributed by atoms with Gasteiger partial charge in [-0.25, -0.2) is 13.2 Å². The van der Waals surface area contributed by atoms with Gasteiger partial charge in [-0.1, -0.05) is 6.07 Å². The zero-order valence-corrected chi connectivity index (χ0v) is 20.7. The largest absolute Gasteiger partial charge is 0.466 e. The molecule has 12 heteroatoms. The van der Waals surface area contributed by atoms with E-state index >= 15 is 0 Å². The van der Waals surface area contributed by atoms with Crippen molar-refractivity contribution < 1.29 is 31.1 Å². The van der Waals surface area contributed by atoms with Crippen molar-refractivity contribution in [3.63, 3.8) is 0 Å². The summed E-state index contributed by atoms with van der Waals surface area (Å²) in [6, 6.07) is 6.20. The maximum absolute atomic E-state index is 14.6. The highest BCUT2D eigenvalue weighted by Crippen LogP contribution is 2.33. The molecule has 1 aliphatic rings. The fraction of sp³-hybridized carbons (Fsp3) is 0.381. The molecule has 0 saturated carbocycles. The van der Waals surface area contributed by atoms with E-state index in [1.165, 1.54) is 22.5 Å². The van der Waals surface area contributed by atoms with E-state index in [1.807, 2.05) is 0 Å². The number of nitrogens with one attached hydrogen (secondary N) is 2. The van der Waals surface area contributed by atoms with E-state index in [1.54, 1.807) is 29.5 Å². The Morgan fingerprint density at radius 3 is 2.48 bits per heavy atom. The number of hydrogen-bond acceptors (Lipinski definition) is 5. The molecule has 0 bridgehead atoms. The molecule has 0 aromatic heterocycles. The van der Waals surface area contributed by atoms with Crippen LogP contribution in [0.4, 0.5) is 30.2 Å². The molecule has 2 aromatic carbocycles. The van der Waals surface area contributed by atoms with Crippen LogP contribution < -0.4 is 10.0 Å². The highest BCUT2D eigenvalue weighted by Gasteiger charge is 2.30. The average molecular weight is 597 g/mol. The molecule has 0 spiro atoms. The van der Waals surface area contributed by atoms with Gasteiger partial charge in [-0.2, -0.15) is 12.7 Å². The van der Waals surface area contributed by atoms with Crippen molar-refractivity contribution in [2.24, 2.45) is 5.92 Å². The Bertz CT molecular complexity index is 1130. The second-order valence-electron chi connectivity index (χ2n) is 7.47. The number of rotatable bonds is 8. The molecule has 180 valence electrons. The van der Waals surface area contributed by atoms with Crippen molar-refractivity contribution in [1.29, 1.82) is 0 Å². The van der Waals surface area contributed by atoms with Crippen molar-refractivity contribution in [2.45, 2.75) is 26.2 Å². The minimum absolute atomic E-state index is 0.000443. The van der Waals surface area contributed by atoms with Gasteiger partial charge < -0.3 is 10.1 Å². The Morgan fingerprint density at radius 1 is 1.12 bits per heavy atom. The normalized spacial score (nSPS) is 15.3. The molecule has 0 atom stereocenters. The molecule has 0 radical (unpaired) electrons. The highest BCUT2D eigenvalue weighted by atomic mass is 127. The van der Waals surface area contributed by atoms with Gasteiger partial charge in [0.15, 0.2) is 17.5 Å². The number of piperidine rings is 1. The van der Waals surface area contributed by atoms with Gasteiger partial charge in [0, 0.05) is 19.5 Å². The summed E-state index contributed by atoms with van der Waals surface area (Å²) in [4.78, 5) is 11.7. The average Bonchev–Trinajstić information content (AvgIpc) is 2.76. The lowest BCUT2D eigenvalue weighted by Crippen LogP contribution is -2.42. The van der Waals surface area contributed by atoms with Gasteiger partial charge >= 0.3 is 16.2 Å². The number of carbonyl (C=O) groups is 1. The quantitative estimate of drug-likeness (QED) is 0.338. The van der Waals surface area contributed by atoms with Gasteiger partial charge in [-0.15, -0.1) is 0 Å². The van der Waals surface area contributed by atoms with E-state index in [4.69, 9.17) is 4.74 Å². The van der Waals surface area contributed by atoms with Gasteiger partial charge in [0.2, 0.25) is 0 Å². The first-order chi connectivity index (χ1) is 15.6. The summed E-state index contributed by atoms with van der Waals surface area (Å²) >= 11 is 1.75. The lowest BCUT2D eigenvalue weighted by molar-refractivity contribution is -0.144. The minimum atomic E-state index is -4.12. The third-order valence-electron chi connectivity index (χ3n) is 5.22. The van der Waals surface area contributed by atoms with Crippen molar-refractivity contribution in [1.82, 2.24) is 4.31 Å². The predicted octanol–water partition coefficient (Wildman–Crippen LogP) is 4.77. The van der Waals surface area contributed by atoms with Crippen molar-refractivity contribution in [3.8, 4) is 0 Å². The van der Waals surface area contributed by atoms with Crippen molar-refractivity contribution in [2.75, 3.05) is 29.7 Å². The third-order valence-corrected chi connectivity index (χ3v) is 7.58. The van der Waals surface area contributed by atoms with Crippen LogP contribution >= 0.6 is 22.6 Å². The first-order valence-corrected chi connectivity index (χ1v) is 12.8. The molecular formula is C21H23F3IN3O4S. The van der Waals surface area contributed by atoms with Crippen LogP contribution in [-0.2, 0) is 19.7 Å². The summed E-state index contributed by atoms with van der Waals surface area (Å²) in [6.45, 7) is 2.30. The molecule has 0 amide bonds. The molecule has 1 aliphatic heterocycles. The van der Waals surface area contributed by atoms with E-state index in [0.29, 0.717) is 12.8 Å². The first kappa shape index (κ1) is 25.6. The van der Waals surface area contributed by atoms with E-state index in [-0.39, 0.29) is 52.9 Å². The van der Waals surface area contributed by atoms with Crippen LogP contribution in [0.15, 0.2) is 30.3 Å². The lowest BCUT2D eigenvalue weighted by atomic mass is 9.95. The Balaban J connectivity index is 1.77. The van der Waals surface area contributed by atoms with Crippen LogP contribution in [0.3, 0.4) is 0 Å². The number of hydrogen-bond donors (Lipinski definition) is 2. The molecule has 1 saturated heterocycles. The molecule has 0 aliphatic carbocycles. The standard InChI is InChI=1S/C21H23F3IN3O4S/c1-2-32-18(29)12-13-8-10-28(11-9-13)33(30,31)27-17-7-6-14(22)19(23)21(17)26-16-5-3-4-15(25)20(16)24/h3-7,13,26-27H,2,8-12H2,1H3. The Labute approximate surface area is 204 Å². The Morgan fingerprint density at radius 2 is 1.82 bits per heavy atom. The van der Waals surface area contributed by atoms with Crippen LogP contribution in [0.5, 0.6) is 0 Å². The molecule has 2 N–H and O–H groups in total. The molecular weight excluding hydrogens is 574 g/mol. The molecule has 1 heterocycles. The summed E-state index contributed by atoms with van der Waals surface area (Å²) in [7, 11) is -4.12. The SMILES string of the molecule is CCOC(=O)CC1CCN(S(=O)(=O)Nc2ccc(F)c(F)c2Nc2cccc(I)c2F)CC1. The molecule has 1 fully saturated rings. The second kappa shape index (κ2) is 10.9. The Kier molecular flexibility index (Phi) is 8.45. The first-order valence-electron chi connectivity index (χ1n) is 10.2. The van der Waals surface area contributed by atoms with Gasteiger partial charge in [-0.05, 0) is 72.5 Å². The maximum Gasteiger partial charge on any atom is 0.306 e. The zero-order chi connectivity index (χ0) is 24.2. The summed E-state index contributed by atoms with van der Waals surface area (Å²) in [6.07, 6.45) is 1.13. The van der Waals surface area contributed by atoms with Crippen LogP contribution in [0.2, 0.25) is 0 Å². The monoisotopic (exact) mass is 597 g/mol. The number of carbonyl (C=O) groups excluding carboxylic acids is 1. The number of benzene rings is 2. The van der Waals surface area contributed by atoms with E-state index in [2.05, 4.69) is 10.0 Å². The summed E-state index contributed by atoms with van der Waals surface area (Å²) in [5.41, 5.74) is -0.927. The van der Waals surface area contributed by atoms with Gasteiger partial charge in [0.25, 0.3) is 0 Å². The third kappa shape index (κ3) is 6.29. The molecule has 3 rings (SSSR count). The zero-order valence-electron chi connectivity index (χ0n) is 17.7. The van der Waals surface area contributed by atoms with Crippen molar-refractivity contribution >= 4 is 55.8 Å². The molecule has 0 unspecified atom stereocenters. The van der Waals surface area contributed by atoms with Crippen LogP contribution in [0.1, 0.15) is 26.2 Å². The van der Waals surface area contributed by atoms with Gasteiger partial charge in [-0.3, -0.25) is 9.52 Å².